The Bertz CT molecular complexity index is 1290. The molecule has 4 rings (SSSR count). The summed E-state index contributed by atoms with van der Waals surface area (Å²) >= 11 is 12.4. The maximum atomic E-state index is 11.0. The Kier molecular flexibility index (Phi) is 7.61. The zero-order valence-corrected chi connectivity index (χ0v) is 21.3. The second kappa shape index (κ2) is 10.5. The van der Waals surface area contributed by atoms with Crippen LogP contribution in [0.25, 0.3) is 11.5 Å². The van der Waals surface area contributed by atoms with Crippen LogP contribution >= 0.6 is 23.2 Å². The molecular formula is C26H26Cl2N2O6. The number of hydrogen-bond donors (Lipinski definition) is 3. The topological polar surface area (TPSA) is 114 Å². The van der Waals surface area contributed by atoms with Gasteiger partial charge in [0.1, 0.15) is 12.4 Å². The lowest BCUT2D eigenvalue weighted by atomic mass is 9.90. The van der Waals surface area contributed by atoms with Gasteiger partial charge in [-0.05, 0) is 49.6 Å². The Morgan fingerprint density at radius 3 is 2.78 bits per heavy atom. The summed E-state index contributed by atoms with van der Waals surface area (Å²) in [6, 6.07) is 5.16. The molecule has 0 amide bonds. The lowest BCUT2D eigenvalue weighted by molar-refractivity contribution is -0.170. The molecule has 0 fully saturated rings. The first-order valence-electron chi connectivity index (χ1n) is 11.4. The van der Waals surface area contributed by atoms with Gasteiger partial charge in [0, 0.05) is 22.1 Å². The number of benzene rings is 1. The second-order valence-electron chi connectivity index (χ2n) is 8.72. The summed E-state index contributed by atoms with van der Waals surface area (Å²) in [6.45, 7) is 7.11. The summed E-state index contributed by atoms with van der Waals surface area (Å²) in [5.74, 6) is -1.43. The molecule has 1 aliphatic heterocycles. The Hall–Kier alpha value is -3.04. The minimum Gasteiger partial charge on any atom is -0.480 e. The van der Waals surface area contributed by atoms with Crippen molar-refractivity contribution in [1.29, 1.82) is 0 Å². The van der Waals surface area contributed by atoms with Crippen LogP contribution in [0.4, 0.5) is 0 Å². The van der Waals surface area contributed by atoms with Crippen molar-refractivity contribution in [3.8, 4) is 11.5 Å². The van der Waals surface area contributed by atoms with Crippen molar-refractivity contribution in [2.45, 2.75) is 44.8 Å². The molecule has 2 aliphatic rings. The lowest BCUT2D eigenvalue weighted by Gasteiger charge is -2.30. The third-order valence-corrected chi connectivity index (χ3v) is 6.37. The largest absolute Gasteiger partial charge is 0.480 e. The number of fused-ring (bicyclic) bond motifs is 1. The number of carbonyl (C=O) groups is 1. The van der Waals surface area contributed by atoms with Crippen molar-refractivity contribution < 1.29 is 29.0 Å². The number of nitrogens with one attached hydrogen (secondary N) is 1. The van der Waals surface area contributed by atoms with Gasteiger partial charge in [-0.2, -0.15) is 0 Å². The highest BCUT2D eigenvalue weighted by molar-refractivity contribution is 6.36. The number of carboxylic acids is 1. The van der Waals surface area contributed by atoms with Gasteiger partial charge in [-0.15, -0.1) is 6.58 Å². The van der Waals surface area contributed by atoms with E-state index in [4.69, 9.17) is 47.3 Å². The molecule has 36 heavy (non-hydrogen) atoms. The van der Waals surface area contributed by atoms with Crippen LogP contribution in [0.15, 0.2) is 70.0 Å². The number of carboxylic acid groups (broad SMARTS) is 1. The normalized spacial score (nSPS) is 18.9. The number of aryl methyl sites for hydroxylation is 1. The highest BCUT2D eigenvalue weighted by Crippen LogP contribution is 2.40. The lowest BCUT2D eigenvalue weighted by Crippen LogP contribution is -2.37. The molecule has 10 heteroatoms. The number of hydroxylamine groups is 1. The molecule has 0 radical (unpaired) electrons. The van der Waals surface area contributed by atoms with Crippen LogP contribution in [0, 0.1) is 0 Å². The summed E-state index contributed by atoms with van der Waals surface area (Å²) in [5.41, 5.74) is 6.27. The average Bonchev–Trinajstić information content (AvgIpc) is 3.43. The standard InChI is InChI=1S/C26H26Cl2N2O6/c1-4-5-18-24-17(10-11-26(18,33)34-13-22(31)32)20(30-36-24)8-9-21-23(14(2)3)35-25(29-21)16-7-6-15(27)12-19(16)28/h4,6-7,10-12,14,30,33H,1,5,8-9,13H2,2-3H3,(H,31,32). The van der Waals surface area contributed by atoms with E-state index in [9.17, 15) is 9.90 Å². The predicted octanol–water partition coefficient (Wildman–Crippen LogP) is 5.68. The van der Waals surface area contributed by atoms with E-state index in [1.165, 1.54) is 6.08 Å². The van der Waals surface area contributed by atoms with Crippen molar-refractivity contribution in [2.75, 3.05) is 6.61 Å². The Labute approximate surface area is 218 Å². The van der Waals surface area contributed by atoms with Crippen molar-refractivity contribution in [3.05, 3.63) is 87.1 Å². The van der Waals surface area contributed by atoms with Gasteiger partial charge in [0.05, 0.1) is 22.0 Å². The number of halogens is 2. The molecule has 2 aromatic rings. The minimum absolute atomic E-state index is 0.100. The van der Waals surface area contributed by atoms with E-state index in [0.717, 1.165) is 22.7 Å². The molecule has 1 aliphatic carbocycles. The molecule has 190 valence electrons. The first kappa shape index (κ1) is 26.0. The predicted molar refractivity (Wildman–Crippen MR) is 135 cm³/mol. The molecule has 8 nitrogen and oxygen atoms in total. The smallest absolute Gasteiger partial charge is 0.329 e. The fraction of sp³-hybridized carbons (Fsp3) is 0.308. The van der Waals surface area contributed by atoms with Crippen LogP contribution < -0.4 is 5.48 Å². The monoisotopic (exact) mass is 532 g/mol. The van der Waals surface area contributed by atoms with Gasteiger partial charge in [0.25, 0.3) is 0 Å². The molecule has 1 unspecified atom stereocenters. The Morgan fingerprint density at radius 1 is 1.33 bits per heavy atom. The van der Waals surface area contributed by atoms with E-state index in [1.807, 2.05) is 13.8 Å². The number of rotatable bonds is 10. The zero-order chi connectivity index (χ0) is 26.0. The molecule has 1 aromatic heterocycles. The van der Waals surface area contributed by atoms with Gasteiger partial charge in [-0.1, -0.05) is 43.1 Å². The van der Waals surface area contributed by atoms with E-state index < -0.39 is 18.4 Å². The average molecular weight is 533 g/mol. The maximum Gasteiger partial charge on any atom is 0.329 e. The third-order valence-electron chi connectivity index (χ3n) is 5.82. The quantitative estimate of drug-likeness (QED) is 0.264. The highest BCUT2D eigenvalue weighted by atomic mass is 35.5. The summed E-state index contributed by atoms with van der Waals surface area (Å²) in [5, 5.41) is 20.9. The second-order valence-corrected chi connectivity index (χ2v) is 9.56. The maximum absolute atomic E-state index is 11.0. The summed E-state index contributed by atoms with van der Waals surface area (Å²) < 4.78 is 11.4. The number of nitrogens with zero attached hydrogens (tertiary/aromatic N) is 1. The van der Waals surface area contributed by atoms with Crippen LogP contribution in [0.5, 0.6) is 0 Å². The van der Waals surface area contributed by atoms with Gasteiger partial charge >= 0.3 is 5.97 Å². The highest BCUT2D eigenvalue weighted by Gasteiger charge is 2.40. The van der Waals surface area contributed by atoms with Crippen LogP contribution in [-0.4, -0.2) is 33.6 Å². The van der Waals surface area contributed by atoms with Crippen LogP contribution in [0.3, 0.4) is 0 Å². The van der Waals surface area contributed by atoms with Crippen LogP contribution in [0.2, 0.25) is 10.0 Å². The molecule has 0 saturated heterocycles. The Balaban J connectivity index is 1.61. The molecule has 1 atom stereocenters. The number of allylic oxidation sites excluding steroid dienone is 3. The fourth-order valence-corrected chi connectivity index (χ4v) is 4.60. The van der Waals surface area contributed by atoms with E-state index in [1.54, 1.807) is 30.4 Å². The Morgan fingerprint density at radius 2 is 2.11 bits per heavy atom. The van der Waals surface area contributed by atoms with Crippen LogP contribution in [0.1, 0.15) is 44.1 Å². The van der Waals surface area contributed by atoms with E-state index in [0.29, 0.717) is 45.7 Å². The van der Waals surface area contributed by atoms with Crippen LogP contribution in [-0.2, 0) is 20.8 Å². The number of ether oxygens (including phenoxy) is 1. The fourth-order valence-electron chi connectivity index (χ4n) is 4.11. The van der Waals surface area contributed by atoms with Gasteiger partial charge in [0.2, 0.25) is 11.7 Å². The number of aromatic nitrogens is 1. The SMILES string of the molecule is C=CCC1=C2ONC(CCc3nc(-c4ccc(Cl)cc4Cl)oc3C(C)C)=C2C=CC1(O)OCC(=O)O. The summed E-state index contributed by atoms with van der Waals surface area (Å²) in [6.07, 6.45) is 5.99. The molecule has 1 aromatic carbocycles. The number of aliphatic carboxylic acids is 1. The van der Waals surface area contributed by atoms with Gasteiger partial charge in [0.15, 0.2) is 5.76 Å². The zero-order valence-electron chi connectivity index (χ0n) is 19.8. The first-order valence-corrected chi connectivity index (χ1v) is 12.1. The number of oxazole rings is 1. The van der Waals surface area contributed by atoms with Gasteiger partial charge in [-0.25, -0.2) is 15.3 Å². The van der Waals surface area contributed by atoms with E-state index in [-0.39, 0.29) is 12.3 Å². The van der Waals surface area contributed by atoms with E-state index in [2.05, 4.69) is 12.1 Å². The molecule has 2 heterocycles. The molecule has 3 N–H and O–H groups in total. The van der Waals surface area contributed by atoms with Crippen molar-refractivity contribution in [3.63, 3.8) is 0 Å². The first-order chi connectivity index (χ1) is 17.1. The molecule has 0 spiro atoms. The van der Waals surface area contributed by atoms with Gasteiger partial charge < -0.3 is 24.2 Å². The number of aliphatic hydroxyl groups is 1. The summed E-state index contributed by atoms with van der Waals surface area (Å²) in [4.78, 5) is 21.4. The summed E-state index contributed by atoms with van der Waals surface area (Å²) in [7, 11) is 0. The molecular weight excluding hydrogens is 507 g/mol. The van der Waals surface area contributed by atoms with Gasteiger partial charge in [-0.3, -0.25) is 0 Å². The molecule has 0 bridgehead atoms. The van der Waals surface area contributed by atoms with Crippen molar-refractivity contribution >= 4 is 29.2 Å². The van der Waals surface area contributed by atoms with Crippen molar-refractivity contribution in [1.82, 2.24) is 10.5 Å². The molecule has 0 saturated carbocycles. The van der Waals surface area contributed by atoms with Crippen molar-refractivity contribution in [2.24, 2.45) is 0 Å². The van der Waals surface area contributed by atoms with E-state index >= 15 is 0 Å². The minimum atomic E-state index is -1.91. The number of hydrogen-bond acceptors (Lipinski definition) is 7. The third kappa shape index (κ3) is 5.22.